The Bertz CT molecular complexity index is 711. The van der Waals surface area contributed by atoms with Gasteiger partial charge in [0.15, 0.2) is 6.29 Å². The van der Waals surface area contributed by atoms with Gasteiger partial charge in [-0.25, -0.2) is 0 Å². The van der Waals surface area contributed by atoms with Crippen LogP contribution in [0, 0.1) is 0 Å². The molecular weight excluding hydrogens is 377 g/mol. The Labute approximate surface area is 170 Å². The van der Waals surface area contributed by atoms with Crippen LogP contribution in [-0.2, 0) is 11.2 Å². The lowest BCUT2D eigenvalue weighted by Crippen LogP contribution is -2.54. The van der Waals surface area contributed by atoms with Crippen molar-refractivity contribution in [2.24, 2.45) is 5.73 Å². The van der Waals surface area contributed by atoms with Gasteiger partial charge in [0.05, 0.1) is 18.0 Å². The Morgan fingerprint density at radius 1 is 1.34 bits per heavy atom. The fraction of sp³-hybridized carbons (Fsp3) is 0.632. The highest BCUT2D eigenvalue weighted by atomic mass is 16.5. The second-order valence-electron chi connectivity index (χ2n) is 8.01. The number of carbonyl (C=O) groups excluding carboxylic acids is 1. The maximum Gasteiger partial charge on any atom is 0.547 e. The fourth-order valence-corrected chi connectivity index (χ4v) is 4.16. The second kappa shape index (κ2) is 9.42. The van der Waals surface area contributed by atoms with Crippen LogP contribution < -0.4 is 21.0 Å². The van der Waals surface area contributed by atoms with Gasteiger partial charge < -0.3 is 41.4 Å². The van der Waals surface area contributed by atoms with Crippen molar-refractivity contribution in [2.45, 2.75) is 62.4 Å². The molecule has 1 aromatic carbocycles. The lowest BCUT2D eigenvalue weighted by molar-refractivity contribution is -0.128. The normalized spacial score (nSPS) is 26.8. The largest absolute Gasteiger partial charge is 0.547 e. The Morgan fingerprint density at radius 2 is 2.07 bits per heavy atom. The minimum Gasteiger partial charge on any atom is -0.534 e. The summed E-state index contributed by atoms with van der Waals surface area (Å²) in [6.45, 7) is 1.30. The van der Waals surface area contributed by atoms with E-state index in [1.807, 2.05) is 0 Å². The molecule has 1 saturated carbocycles. The van der Waals surface area contributed by atoms with Crippen molar-refractivity contribution in [3.63, 3.8) is 0 Å². The summed E-state index contributed by atoms with van der Waals surface area (Å²) in [5, 5.41) is 46.0. The maximum atomic E-state index is 12.5. The fourth-order valence-electron chi connectivity index (χ4n) is 4.16. The van der Waals surface area contributed by atoms with E-state index in [1.54, 1.807) is 12.1 Å². The highest BCUT2D eigenvalue weighted by molar-refractivity contribution is 6.46. The predicted molar refractivity (Wildman–Crippen MR) is 107 cm³/mol. The molecule has 1 atom stereocenters. The molecule has 9 nitrogen and oxygen atoms in total. The number of para-hydroxylation sites is 1. The van der Waals surface area contributed by atoms with E-state index in [0.29, 0.717) is 31.0 Å². The lowest BCUT2D eigenvalue weighted by Gasteiger charge is -2.36. The van der Waals surface area contributed by atoms with Crippen LogP contribution in [0.15, 0.2) is 18.2 Å². The zero-order valence-electron chi connectivity index (χ0n) is 16.4. The minimum atomic E-state index is -1.72. The van der Waals surface area contributed by atoms with Crippen LogP contribution in [0.5, 0.6) is 5.75 Å². The molecule has 160 valence electrons. The van der Waals surface area contributed by atoms with E-state index in [0.717, 1.165) is 19.4 Å². The summed E-state index contributed by atoms with van der Waals surface area (Å²) in [6.07, 6.45) is 1.12. The van der Waals surface area contributed by atoms with Crippen molar-refractivity contribution in [3.05, 3.63) is 29.3 Å². The first-order chi connectivity index (χ1) is 13.8. The number of hydrogen-bond donors (Lipinski definition) is 7. The molecule has 1 aliphatic heterocycles. The molecule has 8 N–H and O–H groups in total. The third kappa shape index (κ3) is 5.47. The number of amides is 1. The summed E-state index contributed by atoms with van der Waals surface area (Å²) in [5.41, 5.74) is 5.27. The molecule has 0 bridgehead atoms. The first kappa shape index (κ1) is 22.0. The second-order valence-corrected chi connectivity index (χ2v) is 8.01. The molecule has 10 heteroatoms. The van der Waals surface area contributed by atoms with Gasteiger partial charge in [-0.2, -0.15) is 0 Å². The van der Waals surface area contributed by atoms with Gasteiger partial charge in [0.1, 0.15) is 5.75 Å². The van der Waals surface area contributed by atoms with Gasteiger partial charge in [0.2, 0.25) is 5.91 Å². The number of fused-ring (bicyclic) bond motifs is 1. The average molecular weight is 407 g/mol. The number of nitrogens with one attached hydrogen (secondary N) is 2. The zero-order valence-corrected chi connectivity index (χ0v) is 16.4. The molecule has 0 spiro atoms. The first-order valence-corrected chi connectivity index (χ1v) is 10.1. The molecule has 1 aliphatic carbocycles. The van der Waals surface area contributed by atoms with E-state index in [2.05, 4.69) is 10.6 Å². The number of nitrogens with two attached hydrogens (primary N) is 1. The highest BCUT2D eigenvalue weighted by Crippen LogP contribution is 2.34. The van der Waals surface area contributed by atoms with Crippen molar-refractivity contribution < 1.29 is 29.8 Å². The first-order valence-electron chi connectivity index (χ1n) is 10.1. The zero-order chi connectivity index (χ0) is 21.0. The van der Waals surface area contributed by atoms with Crippen LogP contribution in [0.3, 0.4) is 0 Å². The van der Waals surface area contributed by atoms with Crippen LogP contribution in [0.25, 0.3) is 0 Å². The number of carbonyl (C=O) groups is 1. The van der Waals surface area contributed by atoms with Gasteiger partial charge in [-0.1, -0.05) is 18.2 Å². The molecule has 0 saturated heterocycles. The van der Waals surface area contributed by atoms with E-state index in [1.165, 1.54) is 6.07 Å². The molecule has 0 aromatic heterocycles. The summed E-state index contributed by atoms with van der Waals surface area (Å²) in [6, 6.07) is 5.22. The summed E-state index contributed by atoms with van der Waals surface area (Å²) in [7, 11) is -1.32. The molecule has 1 amide bonds. The van der Waals surface area contributed by atoms with E-state index in [9.17, 15) is 25.1 Å². The van der Waals surface area contributed by atoms with Crippen LogP contribution in [0.4, 0.5) is 0 Å². The highest BCUT2D eigenvalue weighted by Gasteiger charge is 2.40. The van der Waals surface area contributed by atoms with E-state index >= 15 is 0 Å². The summed E-state index contributed by atoms with van der Waals surface area (Å²) in [4.78, 5) is 12.5. The minimum absolute atomic E-state index is 0.0396. The van der Waals surface area contributed by atoms with Crippen molar-refractivity contribution in [1.29, 1.82) is 0 Å². The number of rotatable bonds is 7. The van der Waals surface area contributed by atoms with Crippen LogP contribution >= 0.6 is 0 Å². The van der Waals surface area contributed by atoms with Gasteiger partial charge in [0.25, 0.3) is 0 Å². The van der Waals surface area contributed by atoms with Crippen molar-refractivity contribution in [1.82, 2.24) is 10.6 Å². The van der Waals surface area contributed by atoms with Gasteiger partial charge in [-0.15, -0.1) is 0 Å². The van der Waals surface area contributed by atoms with E-state index < -0.39 is 25.0 Å². The van der Waals surface area contributed by atoms with E-state index in [-0.39, 0.29) is 30.1 Å². The smallest absolute Gasteiger partial charge is 0.534 e. The third-order valence-corrected chi connectivity index (χ3v) is 5.76. The van der Waals surface area contributed by atoms with E-state index in [4.69, 9.17) is 10.4 Å². The molecule has 1 fully saturated rings. The van der Waals surface area contributed by atoms with Crippen LogP contribution in [0.1, 0.15) is 49.5 Å². The van der Waals surface area contributed by atoms with Crippen molar-refractivity contribution >= 4 is 13.0 Å². The number of aliphatic hydroxyl groups is 3. The SMILES string of the molecule is NCCNC1CCC(O)(CC(=O)N[C@H]2Cc3cccc(C(O)O)c3OB2O)CC1. The molecule has 1 heterocycles. The number of aliphatic hydroxyl groups excluding tert-OH is 1. The quantitative estimate of drug-likeness (QED) is 0.218. The number of benzene rings is 1. The predicted octanol–water partition coefficient (Wildman–Crippen LogP) is -1.28. The Kier molecular flexibility index (Phi) is 7.15. The molecule has 1 aromatic rings. The molecule has 0 unspecified atom stereocenters. The third-order valence-electron chi connectivity index (χ3n) is 5.76. The summed E-state index contributed by atoms with van der Waals surface area (Å²) in [5.74, 6) is -0.815. The lowest BCUT2D eigenvalue weighted by atomic mass is 9.72. The maximum absolute atomic E-state index is 12.5. The topological polar surface area (TPSA) is 157 Å². The van der Waals surface area contributed by atoms with Gasteiger partial charge in [-0.3, -0.25) is 4.79 Å². The Morgan fingerprint density at radius 3 is 2.72 bits per heavy atom. The van der Waals surface area contributed by atoms with Gasteiger partial charge >= 0.3 is 7.12 Å². The molecule has 3 rings (SSSR count). The van der Waals surface area contributed by atoms with Gasteiger partial charge in [-0.05, 0) is 37.7 Å². The molecular formula is C19H30BN3O6. The van der Waals surface area contributed by atoms with Crippen LogP contribution in [0.2, 0.25) is 0 Å². The van der Waals surface area contributed by atoms with Crippen molar-refractivity contribution in [2.75, 3.05) is 13.1 Å². The number of hydrogen-bond acceptors (Lipinski definition) is 8. The summed E-state index contributed by atoms with van der Waals surface area (Å²) >= 11 is 0. The van der Waals surface area contributed by atoms with Gasteiger partial charge in [0, 0.05) is 24.7 Å². The Balaban J connectivity index is 1.55. The molecule has 0 radical (unpaired) electrons. The van der Waals surface area contributed by atoms with Crippen molar-refractivity contribution in [3.8, 4) is 5.75 Å². The molecule has 29 heavy (non-hydrogen) atoms. The average Bonchev–Trinajstić information content (AvgIpc) is 2.67. The van der Waals surface area contributed by atoms with Crippen LogP contribution in [-0.4, -0.2) is 64.0 Å². The monoisotopic (exact) mass is 407 g/mol. The molecule has 2 aliphatic rings. The summed E-state index contributed by atoms with van der Waals surface area (Å²) < 4.78 is 5.44. The standard InChI is InChI=1S/C19H30BN3O6/c21-8-9-22-13-4-6-19(27,7-5-13)11-16(24)23-15-10-12-2-1-3-14(18(25)26)17(12)29-20(15)28/h1-3,13,15,18,22,25-28H,4-11,21H2,(H,23,24)/t13?,15-,19?/m0/s1. The Hall–Kier alpha value is -1.69.